The average Bonchev–Trinajstić information content (AvgIpc) is 3.08. The van der Waals surface area contributed by atoms with Gasteiger partial charge in [0.2, 0.25) is 11.5 Å². The van der Waals surface area contributed by atoms with E-state index in [-0.39, 0.29) is 24.7 Å². The van der Waals surface area contributed by atoms with E-state index in [1.54, 1.807) is 0 Å². The van der Waals surface area contributed by atoms with Gasteiger partial charge in [-0.2, -0.15) is 0 Å². The van der Waals surface area contributed by atoms with Crippen molar-refractivity contribution in [3.05, 3.63) is 115 Å². The maximum atomic E-state index is 13.2. The standard InChI is InChI=1S/C34H36F2N8O8/c1-33(2,31-39-21(23(45)29(51)43(31)5)25(47)37-15-17-7-11-19(35)12-8-17)41-27(49)28(50)42-34(3,4)32-40-22(24(46)30(52)44(32)6)26(48)38-16-18-9-13-20(36)14-10-18/h7-14,45-46H,15-16H2,1-6H3,(H,37,47)(H,38,48)(H,41,49)(H,42,50). The Morgan fingerprint density at radius 3 is 1.25 bits per heavy atom. The van der Waals surface area contributed by atoms with E-state index in [0.29, 0.717) is 11.1 Å². The minimum Gasteiger partial charge on any atom is -0.501 e. The molecule has 4 amide bonds. The van der Waals surface area contributed by atoms with Gasteiger partial charge in [0, 0.05) is 27.2 Å². The van der Waals surface area contributed by atoms with E-state index in [2.05, 4.69) is 31.2 Å². The Balaban J connectivity index is 1.53. The summed E-state index contributed by atoms with van der Waals surface area (Å²) in [6.45, 7) is 5.33. The fourth-order valence-electron chi connectivity index (χ4n) is 5.14. The highest BCUT2D eigenvalue weighted by atomic mass is 19.1. The van der Waals surface area contributed by atoms with Crippen LogP contribution in [0.4, 0.5) is 8.78 Å². The molecule has 0 unspecified atom stereocenters. The summed E-state index contributed by atoms with van der Waals surface area (Å²) in [5, 5.41) is 30.7. The number of nitrogens with zero attached hydrogens (tertiary/aromatic N) is 4. The second-order valence-electron chi connectivity index (χ2n) is 12.8. The van der Waals surface area contributed by atoms with Crippen molar-refractivity contribution in [3.63, 3.8) is 0 Å². The number of carbonyl (C=O) groups is 4. The maximum Gasteiger partial charge on any atom is 0.310 e. The van der Waals surface area contributed by atoms with Gasteiger partial charge in [0.25, 0.3) is 22.9 Å². The number of hydrogen-bond acceptors (Lipinski definition) is 10. The van der Waals surface area contributed by atoms with Crippen LogP contribution in [0.5, 0.6) is 11.5 Å². The zero-order chi connectivity index (χ0) is 38.7. The third kappa shape index (κ3) is 8.28. The van der Waals surface area contributed by atoms with Crippen LogP contribution in [0.15, 0.2) is 58.1 Å². The van der Waals surface area contributed by atoms with Crippen molar-refractivity contribution in [3.8, 4) is 11.5 Å². The van der Waals surface area contributed by atoms with Gasteiger partial charge >= 0.3 is 11.8 Å². The van der Waals surface area contributed by atoms with Crippen LogP contribution in [0.25, 0.3) is 0 Å². The first-order valence-electron chi connectivity index (χ1n) is 15.5. The van der Waals surface area contributed by atoms with Gasteiger partial charge < -0.3 is 31.5 Å². The highest BCUT2D eigenvalue weighted by Gasteiger charge is 2.36. The van der Waals surface area contributed by atoms with Crippen LogP contribution in [-0.4, -0.2) is 52.9 Å². The van der Waals surface area contributed by atoms with Gasteiger partial charge in [-0.3, -0.25) is 37.9 Å². The van der Waals surface area contributed by atoms with E-state index in [9.17, 15) is 47.8 Å². The first-order valence-corrected chi connectivity index (χ1v) is 15.5. The molecule has 0 spiro atoms. The first kappa shape index (κ1) is 38.3. The lowest BCUT2D eigenvalue weighted by molar-refractivity contribution is -0.141. The topological polar surface area (TPSA) is 227 Å². The van der Waals surface area contributed by atoms with Crippen LogP contribution >= 0.6 is 0 Å². The van der Waals surface area contributed by atoms with Crippen molar-refractivity contribution in [2.75, 3.05) is 0 Å². The molecule has 0 aliphatic carbocycles. The van der Waals surface area contributed by atoms with Crippen LogP contribution in [0.3, 0.4) is 0 Å². The Bertz CT molecular complexity index is 2030. The molecule has 2 heterocycles. The predicted octanol–water partition coefficient (Wildman–Crippen LogP) is 0.826. The van der Waals surface area contributed by atoms with Gasteiger partial charge in [0.05, 0.1) is 11.1 Å². The van der Waals surface area contributed by atoms with Gasteiger partial charge in [0.1, 0.15) is 23.3 Å². The molecule has 16 nitrogen and oxygen atoms in total. The number of aromatic nitrogens is 4. The number of hydrogen-bond donors (Lipinski definition) is 6. The molecular formula is C34H36F2N8O8. The zero-order valence-electron chi connectivity index (χ0n) is 28.9. The molecular weight excluding hydrogens is 686 g/mol. The molecule has 6 N–H and O–H groups in total. The summed E-state index contributed by atoms with van der Waals surface area (Å²) in [7, 11) is 2.46. The van der Waals surface area contributed by atoms with E-state index >= 15 is 0 Å². The fraction of sp³-hybridized carbons (Fsp3) is 0.294. The number of carbonyl (C=O) groups excluding carboxylic acids is 4. The quantitative estimate of drug-likeness (QED) is 0.126. The van der Waals surface area contributed by atoms with Crippen LogP contribution in [-0.2, 0) is 47.9 Å². The molecule has 0 bridgehead atoms. The molecule has 0 radical (unpaired) electrons. The molecule has 0 saturated heterocycles. The van der Waals surface area contributed by atoms with Crippen molar-refractivity contribution >= 4 is 23.6 Å². The molecule has 0 fully saturated rings. The molecule has 2 aromatic heterocycles. The summed E-state index contributed by atoms with van der Waals surface area (Å²) in [5.74, 6) is -7.74. The lowest BCUT2D eigenvalue weighted by Crippen LogP contribution is -2.54. The Hall–Kier alpha value is -6.46. The van der Waals surface area contributed by atoms with Gasteiger partial charge in [-0.05, 0) is 63.1 Å². The summed E-state index contributed by atoms with van der Waals surface area (Å²) in [6.07, 6.45) is 0. The van der Waals surface area contributed by atoms with Crippen molar-refractivity contribution in [2.24, 2.45) is 14.1 Å². The van der Waals surface area contributed by atoms with E-state index < -0.39 is 80.3 Å². The average molecular weight is 723 g/mol. The summed E-state index contributed by atoms with van der Waals surface area (Å²) in [6, 6.07) is 10.5. The molecule has 52 heavy (non-hydrogen) atoms. The van der Waals surface area contributed by atoms with Crippen molar-refractivity contribution in [2.45, 2.75) is 51.9 Å². The third-order valence-electron chi connectivity index (χ3n) is 7.87. The molecule has 0 aliphatic rings. The molecule has 2 aromatic carbocycles. The number of halogens is 2. The van der Waals surface area contributed by atoms with Crippen molar-refractivity contribution < 1.29 is 38.2 Å². The highest BCUT2D eigenvalue weighted by Crippen LogP contribution is 2.22. The number of nitrogens with one attached hydrogen (secondary N) is 4. The van der Waals surface area contributed by atoms with Crippen molar-refractivity contribution in [1.29, 1.82) is 0 Å². The second-order valence-corrected chi connectivity index (χ2v) is 12.8. The smallest absolute Gasteiger partial charge is 0.310 e. The number of aromatic hydroxyl groups is 2. The number of rotatable bonds is 10. The predicted molar refractivity (Wildman–Crippen MR) is 180 cm³/mol. The summed E-state index contributed by atoms with van der Waals surface area (Å²) >= 11 is 0. The van der Waals surface area contributed by atoms with Crippen molar-refractivity contribution in [1.82, 2.24) is 40.4 Å². The Morgan fingerprint density at radius 2 is 0.942 bits per heavy atom. The van der Waals surface area contributed by atoms with E-state index in [1.165, 1.54) is 90.3 Å². The van der Waals surface area contributed by atoms with Gasteiger partial charge in [0.15, 0.2) is 11.4 Å². The minimum absolute atomic E-state index is 0.0927. The lowest BCUT2D eigenvalue weighted by atomic mass is 10.0. The summed E-state index contributed by atoms with van der Waals surface area (Å²) < 4.78 is 28.2. The van der Waals surface area contributed by atoms with Crippen LogP contribution < -0.4 is 32.4 Å². The zero-order valence-corrected chi connectivity index (χ0v) is 28.9. The normalized spacial score (nSPS) is 11.5. The van der Waals surface area contributed by atoms with Crippen LogP contribution in [0.2, 0.25) is 0 Å². The number of benzene rings is 2. The number of amides is 4. The monoisotopic (exact) mass is 722 g/mol. The third-order valence-corrected chi connectivity index (χ3v) is 7.87. The highest BCUT2D eigenvalue weighted by molar-refractivity contribution is 6.35. The SMILES string of the molecule is Cn1c(C(C)(C)NC(=O)C(=O)NC(C)(C)c2nc(C(=O)NCc3ccc(F)cc3)c(O)c(=O)n2C)nc(C(=O)NCc2ccc(F)cc2)c(O)c1=O. The summed E-state index contributed by atoms with van der Waals surface area (Å²) in [5.41, 5.74) is -5.58. The van der Waals surface area contributed by atoms with Gasteiger partial charge in [-0.15, -0.1) is 0 Å². The first-order chi connectivity index (χ1) is 24.2. The molecule has 0 aliphatic heterocycles. The van der Waals surface area contributed by atoms with Gasteiger partial charge in [-0.1, -0.05) is 24.3 Å². The van der Waals surface area contributed by atoms with E-state index in [1.807, 2.05) is 0 Å². The second kappa shape index (κ2) is 14.8. The van der Waals surface area contributed by atoms with E-state index in [4.69, 9.17) is 0 Å². The molecule has 18 heteroatoms. The Labute approximate surface area is 294 Å². The fourth-order valence-corrected chi connectivity index (χ4v) is 5.14. The Kier molecular flexibility index (Phi) is 10.9. The van der Waals surface area contributed by atoms with E-state index in [0.717, 1.165) is 9.13 Å². The molecule has 4 aromatic rings. The molecule has 274 valence electrons. The minimum atomic E-state index is -1.62. The molecule has 4 rings (SSSR count). The molecule has 0 atom stereocenters. The molecule has 0 saturated carbocycles. The van der Waals surface area contributed by atoms with Gasteiger partial charge in [-0.25, -0.2) is 18.7 Å². The van der Waals surface area contributed by atoms with Crippen LogP contribution in [0, 0.1) is 11.6 Å². The lowest BCUT2D eigenvalue weighted by Gasteiger charge is -2.30. The summed E-state index contributed by atoms with van der Waals surface area (Å²) in [4.78, 5) is 86.3. The largest absolute Gasteiger partial charge is 0.501 e. The van der Waals surface area contributed by atoms with Crippen LogP contribution in [0.1, 0.15) is 71.4 Å². The maximum absolute atomic E-state index is 13.2. The Morgan fingerprint density at radius 1 is 0.635 bits per heavy atom.